The lowest BCUT2D eigenvalue weighted by Gasteiger charge is -2.08. The van der Waals surface area contributed by atoms with E-state index in [0.717, 1.165) is 10.4 Å². The molecule has 3 rings (SSSR count). The number of carboxylic acids is 1. The number of fused-ring (bicyclic) bond motifs is 1. The Morgan fingerprint density at radius 1 is 1.38 bits per heavy atom. The molecule has 1 aromatic carbocycles. The normalized spacial score (nSPS) is 11.0. The SMILES string of the molecule is Cc1ccsc1-c1cc(C(=O)O)c2c(Cl)ccc(F)c2n1. The Hall–Kier alpha value is -1.98. The molecule has 2 aromatic heterocycles. The highest BCUT2D eigenvalue weighted by Crippen LogP contribution is 2.34. The van der Waals surface area contributed by atoms with Gasteiger partial charge in [0.05, 0.1) is 21.2 Å². The van der Waals surface area contributed by atoms with Gasteiger partial charge in [0.15, 0.2) is 0 Å². The van der Waals surface area contributed by atoms with Gasteiger partial charge >= 0.3 is 5.97 Å². The number of aromatic nitrogens is 1. The first kappa shape index (κ1) is 14.0. The van der Waals surface area contributed by atoms with Crippen molar-refractivity contribution in [2.24, 2.45) is 0 Å². The highest BCUT2D eigenvalue weighted by atomic mass is 35.5. The van der Waals surface area contributed by atoms with Crippen LogP contribution in [0.5, 0.6) is 0 Å². The van der Waals surface area contributed by atoms with E-state index in [1.54, 1.807) is 0 Å². The summed E-state index contributed by atoms with van der Waals surface area (Å²) >= 11 is 7.45. The molecule has 0 aliphatic carbocycles. The average molecular weight is 322 g/mol. The summed E-state index contributed by atoms with van der Waals surface area (Å²) in [5.41, 5.74) is 1.33. The van der Waals surface area contributed by atoms with Crippen molar-refractivity contribution >= 4 is 39.8 Å². The van der Waals surface area contributed by atoms with Crippen LogP contribution < -0.4 is 0 Å². The number of nitrogens with zero attached hydrogens (tertiary/aromatic N) is 1. The van der Waals surface area contributed by atoms with Gasteiger partial charge in [0.1, 0.15) is 11.3 Å². The fourth-order valence-corrected chi connectivity index (χ4v) is 3.33. The number of carbonyl (C=O) groups is 1. The van der Waals surface area contributed by atoms with Crippen molar-refractivity contribution in [3.05, 3.63) is 51.6 Å². The summed E-state index contributed by atoms with van der Waals surface area (Å²) in [6, 6.07) is 5.87. The van der Waals surface area contributed by atoms with Crippen molar-refractivity contribution in [2.45, 2.75) is 6.92 Å². The third-order valence-corrected chi connectivity index (χ3v) is 4.54. The molecule has 0 unspecified atom stereocenters. The van der Waals surface area contributed by atoms with Crippen LogP contribution in [0.3, 0.4) is 0 Å². The summed E-state index contributed by atoms with van der Waals surface area (Å²) < 4.78 is 14.0. The van der Waals surface area contributed by atoms with Crippen molar-refractivity contribution in [3.8, 4) is 10.6 Å². The summed E-state index contributed by atoms with van der Waals surface area (Å²) in [6.07, 6.45) is 0. The standard InChI is InChI=1S/C15H9ClFNO2S/c1-7-4-5-21-14(7)11-6-8(15(19)20)12-9(16)2-3-10(17)13(12)18-11/h2-6H,1H3,(H,19,20). The van der Waals surface area contributed by atoms with Crippen LogP contribution in [0.2, 0.25) is 5.02 Å². The molecule has 6 heteroatoms. The Bertz CT molecular complexity index is 875. The van der Waals surface area contributed by atoms with Crippen molar-refractivity contribution in [2.75, 3.05) is 0 Å². The number of hydrogen-bond acceptors (Lipinski definition) is 3. The Morgan fingerprint density at radius 2 is 2.14 bits per heavy atom. The van der Waals surface area contributed by atoms with Gasteiger partial charge in [-0.25, -0.2) is 14.2 Å². The zero-order valence-electron chi connectivity index (χ0n) is 10.9. The molecule has 1 N–H and O–H groups in total. The molecule has 0 aliphatic rings. The van der Waals surface area contributed by atoms with Crippen LogP contribution in [-0.2, 0) is 0 Å². The van der Waals surface area contributed by atoms with Crippen LogP contribution in [0.1, 0.15) is 15.9 Å². The van der Waals surface area contributed by atoms with Crippen molar-refractivity contribution in [1.82, 2.24) is 4.98 Å². The molecule has 0 fully saturated rings. The molecule has 0 atom stereocenters. The number of halogens is 2. The Labute approximate surface area is 128 Å². The molecule has 3 aromatic rings. The monoisotopic (exact) mass is 321 g/mol. The van der Waals surface area contributed by atoms with E-state index in [0.29, 0.717) is 5.69 Å². The van der Waals surface area contributed by atoms with Gasteiger partial charge < -0.3 is 5.11 Å². The van der Waals surface area contributed by atoms with Gasteiger partial charge in [0.25, 0.3) is 0 Å². The molecular formula is C15H9ClFNO2S. The second-order valence-corrected chi connectivity index (χ2v) is 5.87. The fourth-order valence-electron chi connectivity index (χ4n) is 2.19. The number of hydrogen-bond donors (Lipinski definition) is 1. The molecule has 0 saturated carbocycles. The first-order chi connectivity index (χ1) is 9.99. The van der Waals surface area contributed by atoms with Crippen molar-refractivity contribution in [3.63, 3.8) is 0 Å². The molecule has 0 spiro atoms. The van der Waals surface area contributed by atoms with Crippen LogP contribution in [0.25, 0.3) is 21.5 Å². The lowest BCUT2D eigenvalue weighted by molar-refractivity contribution is 0.0699. The van der Waals surface area contributed by atoms with Gasteiger partial charge in [-0.15, -0.1) is 11.3 Å². The summed E-state index contributed by atoms with van der Waals surface area (Å²) in [7, 11) is 0. The number of aryl methyl sites for hydroxylation is 1. The second kappa shape index (κ2) is 5.09. The maximum Gasteiger partial charge on any atom is 0.336 e. The predicted molar refractivity (Wildman–Crippen MR) is 81.7 cm³/mol. The van der Waals surface area contributed by atoms with Gasteiger partial charge in [0, 0.05) is 5.39 Å². The molecule has 2 heterocycles. The Morgan fingerprint density at radius 3 is 2.76 bits per heavy atom. The number of aromatic carboxylic acids is 1. The highest BCUT2D eigenvalue weighted by Gasteiger charge is 2.19. The van der Waals surface area contributed by atoms with Gasteiger partial charge in [-0.1, -0.05) is 11.6 Å². The van der Waals surface area contributed by atoms with Crippen LogP contribution >= 0.6 is 22.9 Å². The highest BCUT2D eigenvalue weighted by molar-refractivity contribution is 7.13. The van der Waals surface area contributed by atoms with Crippen LogP contribution in [0.15, 0.2) is 29.6 Å². The third-order valence-electron chi connectivity index (χ3n) is 3.19. The minimum Gasteiger partial charge on any atom is -0.478 e. The molecule has 0 radical (unpaired) electrons. The predicted octanol–water partition coefficient (Wildman–Crippen LogP) is 4.76. The molecule has 3 nitrogen and oxygen atoms in total. The van der Waals surface area contributed by atoms with Crippen LogP contribution in [0, 0.1) is 12.7 Å². The second-order valence-electron chi connectivity index (χ2n) is 4.55. The van der Waals surface area contributed by atoms with Gasteiger partial charge in [-0.2, -0.15) is 0 Å². The van der Waals surface area contributed by atoms with E-state index in [1.807, 2.05) is 18.4 Å². The minimum atomic E-state index is -1.16. The maximum atomic E-state index is 14.0. The number of carboxylic acid groups (broad SMARTS) is 1. The average Bonchev–Trinajstić information content (AvgIpc) is 2.88. The lowest BCUT2D eigenvalue weighted by atomic mass is 10.1. The molecule has 21 heavy (non-hydrogen) atoms. The quantitative estimate of drug-likeness (QED) is 0.740. The summed E-state index contributed by atoms with van der Waals surface area (Å²) in [5.74, 6) is -1.75. The topological polar surface area (TPSA) is 50.2 Å². The maximum absolute atomic E-state index is 14.0. The molecule has 106 valence electrons. The zero-order chi connectivity index (χ0) is 15.1. The van der Waals surface area contributed by atoms with Crippen LogP contribution in [-0.4, -0.2) is 16.1 Å². The van der Waals surface area contributed by atoms with E-state index in [1.165, 1.54) is 29.5 Å². The van der Waals surface area contributed by atoms with Crippen molar-refractivity contribution in [1.29, 1.82) is 0 Å². The number of thiophene rings is 1. The largest absolute Gasteiger partial charge is 0.478 e. The first-order valence-electron chi connectivity index (χ1n) is 6.05. The number of benzene rings is 1. The van der Waals surface area contributed by atoms with E-state index >= 15 is 0 Å². The molecule has 0 bridgehead atoms. The smallest absolute Gasteiger partial charge is 0.336 e. The van der Waals surface area contributed by atoms with Gasteiger partial charge in [-0.05, 0) is 42.1 Å². The molecule has 0 aliphatic heterocycles. The minimum absolute atomic E-state index is 0.0230. The number of pyridine rings is 1. The molecular weight excluding hydrogens is 313 g/mol. The van der Waals surface area contributed by atoms with Crippen LogP contribution in [0.4, 0.5) is 4.39 Å². The van der Waals surface area contributed by atoms with E-state index < -0.39 is 11.8 Å². The zero-order valence-corrected chi connectivity index (χ0v) is 12.4. The van der Waals surface area contributed by atoms with Gasteiger partial charge in [-0.3, -0.25) is 0 Å². The Balaban J connectivity index is 2.43. The van der Waals surface area contributed by atoms with E-state index in [4.69, 9.17) is 11.6 Å². The lowest BCUT2D eigenvalue weighted by Crippen LogP contribution is -2.02. The summed E-state index contributed by atoms with van der Waals surface area (Å²) in [4.78, 5) is 16.6. The molecule has 0 amide bonds. The molecule has 0 saturated heterocycles. The Kier molecular flexibility index (Phi) is 3.39. The van der Waals surface area contributed by atoms with Crippen molar-refractivity contribution < 1.29 is 14.3 Å². The third kappa shape index (κ3) is 2.28. The summed E-state index contributed by atoms with van der Waals surface area (Å²) in [5, 5.41) is 11.6. The number of rotatable bonds is 2. The van der Waals surface area contributed by atoms with E-state index in [-0.39, 0.29) is 21.5 Å². The summed E-state index contributed by atoms with van der Waals surface area (Å²) in [6.45, 7) is 1.90. The van der Waals surface area contributed by atoms with Gasteiger partial charge in [0.2, 0.25) is 0 Å². The fraction of sp³-hybridized carbons (Fsp3) is 0.0667. The van der Waals surface area contributed by atoms with E-state index in [2.05, 4.69) is 4.98 Å². The first-order valence-corrected chi connectivity index (χ1v) is 7.31. The van der Waals surface area contributed by atoms with E-state index in [9.17, 15) is 14.3 Å².